The highest BCUT2D eigenvalue weighted by Gasteiger charge is 2.29. The lowest BCUT2D eigenvalue weighted by Gasteiger charge is -2.14. The molecule has 6 aromatic rings. The molecule has 0 spiro atoms. The number of hydrogen-bond donors (Lipinski definition) is 3. The Bertz CT molecular complexity index is 2110. The fourth-order valence-corrected chi connectivity index (χ4v) is 6.28. The second-order valence-electron chi connectivity index (χ2n) is 11.6. The van der Waals surface area contributed by atoms with Gasteiger partial charge in [-0.2, -0.15) is 5.10 Å². The number of para-hydroxylation sites is 1. The van der Waals surface area contributed by atoms with E-state index < -0.39 is 12.0 Å². The molecule has 1 heterocycles. The molecule has 0 fully saturated rings. The number of amides is 3. The van der Waals surface area contributed by atoms with E-state index >= 15 is 0 Å². The zero-order chi connectivity index (χ0) is 33.0. The van der Waals surface area contributed by atoms with Crippen LogP contribution in [0.1, 0.15) is 44.2 Å². The van der Waals surface area contributed by atoms with Gasteiger partial charge in [0, 0.05) is 41.1 Å². The average molecular weight is 636 g/mol. The predicted octanol–water partition coefficient (Wildman–Crippen LogP) is 6.45. The van der Waals surface area contributed by atoms with E-state index in [0.29, 0.717) is 30.6 Å². The number of nitrogens with zero attached hydrogens (tertiary/aromatic N) is 2. The van der Waals surface area contributed by atoms with Crippen molar-refractivity contribution >= 4 is 28.8 Å². The first-order valence-electron chi connectivity index (χ1n) is 15.8. The van der Waals surface area contributed by atoms with Gasteiger partial charge in [0.15, 0.2) is 0 Å². The molecule has 0 aliphatic heterocycles. The molecule has 0 unspecified atom stereocenters. The summed E-state index contributed by atoms with van der Waals surface area (Å²) in [6.45, 7) is 0.994. The Kier molecular flexibility index (Phi) is 8.40. The van der Waals surface area contributed by atoms with Gasteiger partial charge in [-0.15, -0.1) is 0 Å². The van der Waals surface area contributed by atoms with Crippen LogP contribution in [0.25, 0.3) is 39.0 Å². The maximum absolute atomic E-state index is 13.1. The number of aromatic nitrogens is 2. The van der Waals surface area contributed by atoms with Crippen LogP contribution in [-0.2, 0) is 4.74 Å². The number of hydrogen-bond acceptors (Lipinski definition) is 5. The molecule has 0 saturated carbocycles. The van der Waals surface area contributed by atoms with E-state index in [1.807, 2.05) is 71.4 Å². The molecule has 1 aromatic heterocycles. The third kappa shape index (κ3) is 6.01. The number of carbonyl (C=O) groups is 3. The summed E-state index contributed by atoms with van der Waals surface area (Å²) in [7, 11) is 0. The Balaban J connectivity index is 0.937. The summed E-state index contributed by atoms with van der Waals surface area (Å²) in [5.74, 6) is -0.710. The first kappa shape index (κ1) is 30.4. The summed E-state index contributed by atoms with van der Waals surface area (Å²) in [6.07, 6.45) is 0.0607. The van der Waals surface area contributed by atoms with Gasteiger partial charge in [0.25, 0.3) is 5.91 Å². The highest BCUT2D eigenvalue weighted by molar-refractivity contribution is 5.98. The predicted molar refractivity (Wildman–Crippen MR) is 185 cm³/mol. The van der Waals surface area contributed by atoms with Gasteiger partial charge in [0.1, 0.15) is 12.3 Å². The van der Waals surface area contributed by atoms with Crippen molar-refractivity contribution in [1.82, 2.24) is 20.4 Å². The average Bonchev–Trinajstić information content (AvgIpc) is 3.67. The zero-order valence-electron chi connectivity index (χ0n) is 26.1. The van der Waals surface area contributed by atoms with Gasteiger partial charge in [-0.25, -0.2) is 9.48 Å². The third-order valence-electron chi connectivity index (χ3n) is 8.63. The van der Waals surface area contributed by atoms with Crippen LogP contribution >= 0.6 is 0 Å². The summed E-state index contributed by atoms with van der Waals surface area (Å²) in [5.41, 5.74) is 14.2. The van der Waals surface area contributed by atoms with Crippen molar-refractivity contribution in [2.45, 2.75) is 12.3 Å². The van der Waals surface area contributed by atoms with E-state index in [2.05, 4.69) is 34.9 Å². The second kappa shape index (κ2) is 13.3. The number of benzene rings is 5. The number of alkyl carbamates (subject to hydrolysis) is 1. The van der Waals surface area contributed by atoms with Crippen molar-refractivity contribution in [3.05, 3.63) is 144 Å². The number of nitrogens with two attached hydrogens (primary N) is 1. The summed E-state index contributed by atoms with van der Waals surface area (Å²) < 4.78 is 7.41. The van der Waals surface area contributed by atoms with E-state index in [-0.39, 0.29) is 18.4 Å². The van der Waals surface area contributed by atoms with Gasteiger partial charge in [-0.05, 0) is 71.1 Å². The van der Waals surface area contributed by atoms with Gasteiger partial charge in [0.05, 0.1) is 11.2 Å². The normalized spacial score (nSPS) is 11.9. The lowest BCUT2D eigenvalue weighted by atomic mass is 9.98. The van der Waals surface area contributed by atoms with Crippen LogP contribution in [0.4, 0.5) is 4.79 Å². The van der Waals surface area contributed by atoms with Crippen molar-refractivity contribution in [3.8, 4) is 28.1 Å². The van der Waals surface area contributed by atoms with Crippen molar-refractivity contribution < 1.29 is 19.1 Å². The second-order valence-corrected chi connectivity index (χ2v) is 11.6. The first-order valence-corrected chi connectivity index (χ1v) is 15.8. The Morgan fingerprint density at radius 3 is 2.12 bits per heavy atom. The molecule has 0 bridgehead atoms. The smallest absolute Gasteiger partial charge is 0.407 e. The number of ether oxygens (including phenoxy) is 1. The Labute approximate surface area is 277 Å². The number of primary amides is 1. The number of nitrogens with one attached hydrogen (secondary N) is 2. The number of fused-ring (bicyclic) bond motifs is 4. The highest BCUT2D eigenvalue weighted by atomic mass is 16.5. The topological polar surface area (TPSA) is 128 Å². The van der Waals surface area contributed by atoms with Gasteiger partial charge in [-0.1, -0.05) is 78.9 Å². The quantitative estimate of drug-likeness (QED) is 0.149. The molecule has 9 heteroatoms. The lowest BCUT2D eigenvalue weighted by Crippen LogP contribution is -2.30. The van der Waals surface area contributed by atoms with Crippen LogP contribution in [-0.4, -0.2) is 47.4 Å². The summed E-state index contributed by atoms with van der Waals surface area (Å²) in [6, 6.07) is 38.6. The maximum atomic E-state index is 13.1. The molecule has 4 N–H and O–H groups in total. The van der Waals surface area contributed by atoms with Gasteiger partial charge >= 0.3 is 6.09 Å². The van der Waals surface area contributed by atoms with Crippen LogP contribution in [0, 0.1) is 0 Å². The van der Waals surface area contributed by atoms with Crippen LogP contribution < -0.4 is 16.4 Å². The Morgan fingerprint density at radius 2 is 1.40 bits per heavy atom. The largest absolute Gasteiger partial charge is 0.449 e. The van der Waals surface area contributed by atoms with Crippen molar-refractivity contribution in [2.75, 3.05) is 19.7 Å². The molecule has 3 amide bonds. The molecule has 48 heavy (non-hydrogen) atoms. The maximum Gasteiger partial charge on any atom is 0.407 e. The van der Waals surface area contributed by atoms with E-state index in [4.69, 9.17) is 15.6 Å². The minimum Gasteiger partial charge on any atom is -0.449 e. The third-order valence-corrected chi connectivity index (χ3v) is 8.63. The molecule has 9 nitrogen and oxygen atoms in total. The van der Waals surface area contributed by atoms with Crippen molar-refractivity contribution in [1.29, 1.82) is 0 Å². The van der Waals surface area contributed by atoms with Crippen molar-refractivity contribution in [2.24, 2.45) is 5.73 Å². The van der Waals surface area contributed by atoms with Crippen LogP contribution in [0.2, 0.25) is 0 Å². The van der Waals surface area contributed by atoms with E-state index in [9.17, 15) is 14.4 Å². The molecular weight excluding hydrogens is 602 g/mol. The summed E-state index contributed by atoms with van der Waals surface area (Å²) in [5, 5.41) is 11.5. The summed E-state index contributed by atoms with van der Waals surface area (Å²) >= 11 is 0. The van der Waals surface area contributed by atoms with Crippen LogP contribution in [0.3, 0.4) is 0 Å². The molecule has 7 rings (SSSR count). The van der Waals surface area contributed by atoms with Gasteiger partial charge < -0.3 is 21.1 Å². The monoisotopic (exact) mass is 635 g/mol. The SMILES string of the molecule is NC(=O)c1ccc(-n2nc(-c3cccc(C(=O)NCCCNC(=O)OCC4c5ccccc5-c5ccccc54)c3)c3ccccc32)cc1. The molecule has 0 saturated heterocycles. The van der Waals surface area contributed by atoms with E-state index in [0.717, 1.165) is 39.0 Å². The van der Waals surface area contributed by atoms with Gasteiger partial charge in [-0.3, -0.25) is 9.59 Å². The Hall–Kier alpha value is -6.22. The van der Waals surface area contributed by atoms with Crippen LogP contribution in [0.5, 0.6) is 0 Å². The number of rotatable bonds is 10. The van der Waals surface area contributed by atoms with Crippen molar-refractivity contribution in [3.63, 3.8) is 0 Å². The standard InChI is InChI=1S/C39H33N5O4/c40-37(45)25-17-19-28(20-18-25)44-35-16-6-5-15-33(35)36(43-44)26-9-7-10-27(23-26)38(46)41-21-8-22-42-39(47)48-24-34-31-13-3-1-11-29(31)30-12-2-4-14-32(30)34/h1-7,9-20,23,34H,8,21-22,24H2,(H2,40,45)(H,41,46)(H,42,47). The lowest BCUT2D eigenvalue weighted by molar-refractivity contribution is 0.0952. The van der Waals surface area contributed by atoms with Crippen LogP contribution in [0.15, 0.2) is 121 Å². The summed E-state index contributed by atoms with van der Waals surface area (Å²) in [4.78, 5) is 37.1. The van der Waals surface area contributed by atoms with E-state index in [1.54, 1.807) is 30.3 Å². The molecule has 0 radical (unpaired) electrons. The zero-order valence-corrected chi connectivity index (χ0v) is 26.1. The Morgan fingerprint density at radius 1 is 0.729 bits per heavy atom. The number of carbonyl (C=O) groups excluding carboxylic acids is 3. The van der Waals surface area contributed by atoms with E-state index in [1.165, 1.54) is 11.1 Å². The fourth-order valence-electron chi connectivity index (χ4n) is 6.28. The minimum atomic E-state index is -0.491. The molecule has 1 aliphatic rings. The first-order chi connectivity index (χ1) is 23.5. The van der Waals surface area contributed by atoms with Gasteiger partial charge in [0.2, 0.25) is 5.91 Å². The molecule has 238 valence electrons. The molecular formula is C39H33N5O4. The minimum absolute atomic E-state index is 0.000206. The highest BCUT2D eigenvalue weighted by Crippen LogP contribution is 2.44. The molecule has 0 atom stereocenters. The fraction of sp³-hybridized carbons (Fsp3) is 0.128. The molecule has 1 aliphatic carbocycles. The molecule has 5 aromatic carbocycles.